The molecule has 0 saturated heterocycles. The summed E-state index contributed by atoms with van der Waals surface area (Å²) in [7, 11) is 1.77. The van der Waals surface area contributed by atoms with Crippen LogP contribution in [0.25, 0.3) is 0 Å². The van der Waals surface area contributed by atoms with Crippen LogP contribution in [0.3, 0.4) is 0 Å². The van der Waals surface area contributed by atoms with Crippen molar-refractivity contribution in [1.82, 2.24) is 0 Å². The van der Waals surface area contributed by atoms with E-state index in [1.165, 1.54) is 6.42 Å². The summed E-state index contributed by atoms with van der Waals surface area (Å²) in [5.41, 5.74) is 0. The van der Waals surface area contributed by atoms with Crippen molar-refractivity contribution in [3.63, 3.8) is 0 Å². The van der Waals surface area contributed by atoms with Crippen LogP contribution in [0, 0.1) is 0 Å². The minimum Gasteiger partial charge on any atom is -0.381 e. The third kappa shape index (κ3) is 5.07. The van der Waals surface area contributed by atoms with E-state index in [9.17, 15) is 0 Å². The topological polar surface area (TPSA) is 9.23 Å². The molecule has 1 atom stereocenters. The zero-order valence-electron chi connectivity index (χ0n) is 6.90. The summed E-state index contributed by atoms with van der Waals surface area (Å²) < 4.78 is 5.23. The summed E-state index contributed by atoms with van der Waals surface area (Å²) in [6, 6.07) is 0. The second-order valence-corrected chi connectivity index (χ2v) is 2.86. The molecular weight excluding hydrogens is 148 g/mol. The van der Waals surface area contributed by atoms with Crippen molar-refractivity contribution in [2.45, 2.75) is 38.7 Å². The van der Waals surface area contributed by atoms with Gasteiger partial charge >= 0.3 is 0 Å². The lowest BCUT2D eigenvalue weighted by Crippen LogP contribution is -2.09. The largest absolute Gasteiger partial charge is 0.381 e. The minimum atomic E-state index is 0.434. The summed E-state index contributed by atoms with van der Waals surface area (Å²) >= 11 is 5.55. The predicted molar refractivity (Wildman–Crippen MR) is 45.7 cm³/mol. The Morgan fingerprint density at radius 2 is 2.10 bits per heavy atom. The summed E-state index contributed by atoms with van der Waals surface area (Å²) in [6.07, 6.45) is 4.96. The molecular formula is C8H17ClO. The van der Waals surface area contributed by atoms with E-state index in [0.29, 0.717) is 6.10 Å². The summed E-state index contributed by atoms with van der Waals surface area (Å²) in [5.74, 6) is 0.754. The van der Waals surface area contributed by atoms with Gasteiger partial charge in [-0.25, -0.2) is 0 Å². The molecule has 0 aromatic rings. The molecule has 0 aromatic carbocycles. The van der Waals surface area contributed by atoms with E-state index in [-0.39, 0.29) is 0 Å². The molecule has 0 aliphatic rings. The molecule has 0 rings (SSSR count). The molecule has 0 aromatic heterocycles. The van der Waals surface area contributed by atoms with Gasteiger partial charge in [-0.05, 0) is 19.3 Å². The van der Waals surface area contributed by atoms with Gasteiger partial charge in [0.25, 0.3) is 0 Å². The molecule has 1 unspecified atom stereocenters. The van der Waals surface area contributed by atoms with Gasteiger partial charge in [0.05, 0.1) is 6.10 Å². The average molecular weight is 165 g/mol. The van der Waals surface area contributed by atoms with Gasteiger partial charge in [0.15, 0.2) is 0 Å². The molecule has 0 saturated carbocycles. The normalized spacial score (nSPS) is 13.5. The fraction of sp³-hybridized carbons (Fsp3) is 1.00. The van der Waals surface area contributed by atoms with Crippen LogP contribution in [0.5, 0.6) is 0 Å². The van der Waals surface area contributed by atoms with Gasteiger partial charge in [-0.2, -0.15) is 0 Å². The molecule has 0 aliphatic carbocycles. The number of rotatable bonds is 6. The predicted octanol–water partition coefficient (Wildman–Crippen LogP) is 2.82. The molecule has 10 heavy (non-hydrogen) atoms. The first-order valence-electron chi connectivity index (χ1n) is 3.93. The van der Waals surface area contributed by atoms with Gasteiger partial charge < -0.3 is 4.74 Å². The average Bonchev–Trinajstić information content (AvgIpc) is 1.98. The van der Waals surface area contributed by atoms with Crippen LogP contribution in [-0.2, 0) is 4.74 Å². The molecule has 2 heteroatoms. The fourth-order valence-corrected chi connectivity index (χ4v) is 1.16. The molecule has 0 aliphatic heterocycles. The monoisotopic (exact) mass is 164 g/mol. The van der Waals surface area contributed by atoms with Crippen LogP contribution in [0.15, 0.2) is 0 Å². The molecule has 0 radical (unpaired) electrons. The van der Waals surface area contributed by atoms with Gasteiger partial charge in [0.2, 0.25) is 0 Å². The maximum absolute atomic E-state index is 5.55. The van der Waals surface area contributed by atoms with Crippen LogP contribution in [-0.4, -0.2) is 19.1 Å². The SMILES string of the molecule is CCCC(CCCCl)OC. The molecule has 1 nitrogen and oxygen atoms in total. The Labute approximate surface area is 68.7 Å². The molecule has 62 valence electrons. The van der Waals surface area contributed by atoms with E-state index in [0.717, 1.165) is 25.1 Å². The number of methoxy groups -OCH3 is 1. The van der Waals surface area contributed by atoms with E-state index >= 15 is 0 Å². The summed E-state index contributed by atoms with van der Waals surface area (Å²) in [5, 5.41) is 0. The third-order valence-electron chi connectivity index (χ3n) is 1.60. The Bertz CT molecular complexity index is 66.3. The Kier molecular flexibility index (Phi) is 7.54. The smallest absolute Gasteiger partial charge is 0.0571 e. The Morgan fingerprint density at radius 3 is 2.50 bits per heavy atom. The standard InChI is InChI=1S/C8H17ClO/c1-3-5-8(10-2)6-4-7-9/h8H,3-7H2,1-2H3. The van der Waals surface area contributed by atoms with Gasteiger partial charge in [0.1, 0.15) is 0 Å². The van der Waals surface area contributed by atoms with Crippen LogP contribution in [0.4, 0.5) is 0 Å². The lowest BCUT2D eigenvalue weighted by molar-refractivity contribution is 0.0869. The second kappa shape index (κ2) is 7.36. The van der Waals surface area contributed by atoms with Gasteiger partial charge in [0, 0.05) is 13.0 Å². The zero-order valence-corrected chi connectivity index (χ0v) is 7.66. The highest BCUT2D eigenvalue weighted by Crippen LogP contribution is 2.08. The van der Waals surface area contributed by atoms with Crippen molar-refractivity contribution in [3.8, 4) is 0 Å². The number of ether oxygens (including phenoxy) is 1. The minimum absolute atomic E-state index is 0.434. The zero-order chi connectivity index (χ0) is 7.82. The lowest BCUT2D eigenvalue weighted by Gasteiger charge is -2.12. The van der Waals surface area contributed by atoms with Crippen molar-refractivity contribution in [2.24, 2.45) is 0 Å². The number of hydrogen-bond donors (Lipinski definition) is 0. The van der Waals surface area contributed by atoms with Crippen molar-refractivity contribution >= 4 is 11.6 Å². The third-order valence-corrected chi connectivity index (χ3v) is 1.87. The Balaban J connectivity index is 3.21. The first-order chi connectivity index (χ1) is 4.85. The molecule has 0 N–H and O–H groups in total. The number of hydrogen-bond acceptors (Lipinski definition) is 1. The first kappa shape index (κ1) is 10.2. The van der Waals surface area contributed by atoms with Crippen LogP contribution in [0.2, 0.25) is 0 Å². The summed E-state index contributed by atoms with van der Waals surface area (Å²) in [6.45, 7) is 2.17. The van der Waals surface area contributed by atoms with Crippen molar-refractivity contribution in [3.05, 3.63) is 0 Å². The van der Waals surface area contributed by atoms with Gasteiger partial charge in [-0.3, -0.25) is 0 Å². The highest BCUT2D eigenvalue weighted by Gasteiger charge is 2.03. The van der Waals surface area contributed by atoms with E-state index < -0.39 is 0 Å². The van der Waals surface area contributed by atoms with E-state index in [1.807, 2.05) is 0 Å². The molecule has 0 amide bonds. The Hall–Kier alpha value is 0.250. The van der Waals surface area contributed by atoms with E-state index in [2.05, 4.69) is 6.92 Å². The second-order valence-electron chi connectivity index (χ2n) is 2.48. The van der Waals surface area contributed by atoms with Crippen LogP contribution >= 0.6 is 11.6 Å². The number of halogens is 1. The van der Waals surface area contributed by atoms with Crippen LogP contribution < -0.4 is 0 Å². The van der Waals surface area contributed by atoms with Gasteiger partial charge in [-0.1, -0.05) is 13.3 Å². The fourth-order valence-electron chi connectivity index (χ4n) is 1.01. The van der Waals surface area contributed by atoms with Crippen molar-refractivity contribution in [1.29, 1.82) is 0 Å². The number of alkyl halides is 1. The Morgan fingerprint density at radius 1 is 1.40 bits per heavy atom. The first-order valence-corrected chi connectivity index (χ1v) is 4.47. The van der Waals surface area contributed by atoms with E-state index in [4.69, 9.17) is 16.3 Å². The molecule has 0 spiro atoms. The van der Waals surface area contributed by atoms with Crippen molar-refractivity contribution < 1.29 is 4.74 Å². The van der Waals surface area contributed by atoms with Crippen LogP contribution in [0.1, 0.15) is 32.6 Å². The molecule has 0 fully saturated rings. The highest BCUT2D eigenvalue weighted by atomic mass is 35.5. The maximum Gasteiger partial charge on any atom is 0.0571 e. The molecule has 0 heterocycles. The maximum atomic E-state index is 5.55. The highest BCUT2D eigenvalue weighted by molar-refractivity contribution is 6.17. The quantitative estimate of drug-likeness (QED) is 0.549. The van der Waals surface area contributed by atoms with Gasteiger partial charge in [-0.15, -0.1) is 11.6 Å². The van der Waals surface area contributed by atoms with E-state index in [1.54, 1.807) is 7.11 Å². The summed E-state index contributed by atoms with van der Waals surface area (Å²) in [4.78, 5) is 0. The van der Waals surface area contributed by atoms with Crippen molar-refractivity contribution in [2.75, 3.05) is 13.0 Å². The molecule has 0 bridgehead atoms. The lowest BCUT2D eigenvalue weighted by atomic mass is 10.1.